The van der Waals surface area contributed by atoms with Gasteiger partial charge < -0.3 is 10.2 Å². The minimum Gasteiger partial charge on any atom is -0.332 e. The first kappa shape index (κ1) is 20.0. The number of nitrogens with zero attached hydrogens (tertiary/aromatic N) is 1. The maximum atomic E-state index is 12.8. The normalized spacial score (nSPS) is 10.9. The third-order valence-corrected chi connectivity index (χ3v) is 6.28. The Hall–Kier alpha value is -1.79. The van der Waals surface area contributed by atoms with Crippen LogP contribution < -0.4 is 5.32 Å². The van der Waals surface area contributed by atoms with Gasteiger partial charge in [0.15, 0.2) is 0 Å². The average molecular weight is 442 g/mol. The van der Waals surface area contributed by atoms with Gasteiger partial charge in [-0.05, 0) is 30.7 Å². The zero-order chi connectivity index (χ0) is 19.7. The monoisotopic (exact) mass is 440 g/mol. The number of amides is 2. The Kier molecular flexibility index (Phi) is 5.96. The van der Waals surface area contributed by atoms with Gasteiger partial charge >= 0.3 is 0 Å². The zero-order valence-corrected chi connectivity index (χ0v) is 17.6. The van der Waals surface area contributed by atoms with Crippen molar-refractivity contribution in [2.75, 3.05) is 18.9 Å². The lowest BCUT2D eigenvalue weighted by Gasteiger charge is -2.17. The highest BCUT2D eigenvalue weighted by molar-refractivity contribution is 7.21. The predicted molar refractivity (Wildman–Crippen MR) is 114 cm³/mol. The molecule has 3 aromatic rings. The summed E-state index contributed by atoms with van der Waals surface area (Å²) in [6.45, 7) is 1.78. The number of anilines is 1. The molecule has 0 radical (unpaired) electrons. The molecule has 0 saturated heterocycles. The smallest absolute Gasteiger partial charge is 0.265 e. The van der Waals surface area contributed by atoms with Gasteiger partial charge in [0, 0.05) is 17.1 Å². The lowest BCUT2D eigenvalue weighted by Crippen LogP contribution is -2.34. The van der Waals surface area contributed by atoms with Crippen molar-refractivity contribution in [2.24, 2.45) is 0 Å². The van der Waals surface area contributed by atoms with Crippen LogP contribution in [0.15, 0.2) is 36.4 Å². The van der Waals surface area contributed by atoms with Gasteiger partial charge in [0.25, 0.3) is 5.91 Å². The minimum absolute atomic E-state index is 0.163. The summed E-state index contributed by atoms with van der Waals surface area (Å²) in [6, 6.07) is 10.7. The summed E-state index contributed by atoms with van der Waals surface area (Å²) in [6.07, 6.45) is 0. The van der Waals surface area contributed by atoms with Crippen LogP contribution in [0.25, 0.3) is 10.1 Å². The second-order valence-electron chi connectivity index (χ2n) is 6.00. The van der Waals surface area contributed by atoms with Crippen LogP contribution in [0.1, 0.15) is 15.2 Å². The van der Waals surface area contributed by atoms with Crippen LogP contribution in [0, 0.1) is 6.92 Å². The lowest BCUT2D eigenvalue weighted by atomic mass is 10.1. The van der Waals surface area contributed by atoms with Crippen molar-refractivity contribution in [1.29, 1.82) is 0 Å². The maximum absolute atomic E-state index is 12.8. The van der Waals surface area contributed by atoms with E-state index in [2.05, 4.69) is 5.32 Å². The van der Waals surface area contributed by atoms with Crippen molar-refractivity contribution in [3.05, 3.63) is 61.9 Å². The first-order valence-corrected chi connectivity index (χ1v) is 9.91. The highest BCUT2D eigenvalue weighted by Crippen LogP contribution is 2.37. The molecule has 140 valence electrons. The second kappa shape index (κ2) is 8.07. The predicted octanol–water partition coefficient (Wildman–Crippen LogP) is 5.88. The van der Waals surface area contributed by atoms with E-state index in [1.165, 1.54) is 16.2 Å². The molecule has 3 rings (SSSR count). The number of fused-ring (bicyclic) bond motifs is 1. The van der Waals surface area contributed by atoms with Crippen molar-refractivity contribution in [3.63, 3.8) is 0 Å². The van der Waals surface area contributed by atoms with Gasteiger partial charge in [-0.1, -0.05) is 53.0 Å². The molecule has 0 spiro atoms. The molecule has 8 heteroatoms. The average Bonchev–Trinajstić information content (AvgIpc) is 2.95. The van der Waals surface area contributed by atoms with Crippen molar-refractivity contribution in [2.45, 2.75) is 6.92 Å². The summed E-state index contributed by atoms with van der Waals surface area (Å²) in [5.41, 5.74) is 1.32. The molecule has 27 heavy (non-hydrogen) atoms. The number of rotatable bonds is 4. The van der Waals surface area contributed by atoms with E-state index >= 15 is 0 Å². The fraction of sp³-hybridized carbons (Fsp3) is 0.158. The minimum atomic E-state index is -0.408. The fourth-order valence-corrected chi connectivity index (χ4v) is 4.83. The SMILES string of the molecule is Cc1cccc2sc(C(=O)N(C)CC(=O)Nc3c(Cl)cccc3Cl)c(Cl)c12. The Morgan fingerprint density at radius 1 is 1.07 bits per heavy atom. The van der Waals surface area contributed by atoms with E-state index in [9.17, 15) is 9.59 Å². The molecule has 0 bridgehead atoms. The highest BCUT2D eigenvalue weighted by Gasteiger charge is 2.23. The summed E-state index contributed by atoms with van der Waals surface area (Å²) >= 11 is 19.9. The van der Waals surface area contributed by atoms with Gasteiger partial charge in [-0.25, -0.2) is 0 Å². The van der Waals surface area contributed by atoms with E-state index < -0.39 is 5.91 Å². The van der Waals surface area contributed by atoms with Gasteiger partial charge in [0.05, 0.1) is 27.3 Å². The molecule has 0 saturated carbocycles. The number of hydrogen-bond donors (Lipinski definition) is 1. The Labute approximate surface area is 175 Å². The molecule has 0 fully saturated rings. The molecule has 0 aliphatic heterocycles. The van der Waals surface area contributed by atoms with Crippen LogP contribution in [-0.4, -0.2) is 30.3 Å². The van der Waals surface area contributed by atoms with E-state index in [0.717, 1.165) is 15.6 Å². The number of aryl methyl sites for hydroxylation is 1. The first-order chi connectivity index (χ1) is 12.8. The number of likely N-dealkylation sites (N-methyl/N-ethyl adjacent to an activating group) is 1. The zero-order valence-electron chi connectivity index (χ0n) is 14.5. The number of benzene rings is 2. The van der Waals surface area contributed by atoms with Crippen LogP contribution >= 0.6 is 46.1 Å². The quantitative estimate of drug-likeness (QED) is 0.549. The van der Waals surface area contributed by atoms with Crippen LogP contribution in [0.3, 0.4) is 0 Å². The van der Waals surface area contributed by atoms with Crippen molar-refractivity contribution in [3.8, 4) is 0 Å². The molecule has 0 unspecified atom stereocenters. The van der Waals surface area contributed by atoms with E-state index in [4.69, 9.17) is 34.8 Å². The van der Waals surface area contributed by atoms with E-state index in [1.807, 2.05) is 25.1 Å². The number of halogens is 3. The van der Waals surface area contributed by atoms with Crippen LogP contribution in [0.2, 0.25) is 15.1 Å². The summed E-state index contributed by atoms with van der Waals surface area (Å²) in [5, 5.41) is 4.58. The van der Waals surface area contributed by atoms with Crippen molar-refractivity contribution in [1.82, 2.24) is 4.90 Å². The van der Waals surface area contributed by atoms with Crippen LogP contribution in [-0.2, 0) is 4.79 Å². The van der Waals surface area contributed by atoms with E-state index in [0.29, 0.717) is 25.6 Å². The highest BCUT2D eigenvalue weighted by atomic mass is 35.5. The summed E-state index contributed by atoms with van der Waals surface area (Å²) in [4.78, 5) is 26.8. The lowest BCUT2D eigenvalue weighted by molar-refractivity contribution is -0.116. The number of hydrogen-bond acceptors (Lipinski definition) is 3. The number of carbonyl (C=O) groups excluding carboxylic acids is 2. The topological polar surface area (TPSA) is 49.4 Å². The summed E-state index contributed by atoms with van der Waals surface area (Å²) < 4.78 is 0.934. The van der Waals surface area contributed by atoms with Gasteiger partial charge in [-0.2, -0.15) is 0 Å². The number of nitrogens with one attached hydrogen (secondary N) is 1. The van der Waals surface area contributed by atoms with Crippen molar-refractivity contribution < 1.29 is 9.59 Å². The maximum Gasteiger partial charge on any atom is 0.265 e. The molecular formula is C19H15Cl3N2O2S. The summed E-state index contributed by atoms with van der Waals surface area (Å²) in [7, 11) is 1.55. The van der Waals surface area contributed by atoms with Crippen molar-refractivity contribution >= 4 is 73.7 Å². The fourth-order valence-electron chi connectivity index (χ4n) is 2.67. The molecular weight excluding hydrogens is 427 g/mol. The molecule has 0 atom stereocenters. The first-order valence-electron chi connectivity index (χ1n) is 7.96. The molecule has 0 aliphatic rings. The molecule has 1 heterocycles. The van der Waals surface area contributed by atoms with E-state index in [1.54, 1.807) is 25.2 Å². The van der Waals surface area contributed by atoms with E-state index in [-0.39, 0.29) is 12.5 Å². The van der Waals surface area contributed by atoms with Crippen LogP contribution in [0.5, 0.6) is 0 Å². The molecule has 4 nitrogen and oxygen atoms in total. The third kappa shape index (κ3) is 4.06. The Morgan fingerprint density at radius 2 is 1.70 bits per heavy atom. The largest absolute Gasteiger partial charge is 0.332 e. The number of para-hydroxylation sites is 1. The number of thiophene rings is 1. The van der Waals surface area contributed by atoms with Gasteiger partial charge in [-0.15, -0.1) is 11.3 Å². The summed E-state index contributed by atoms with van der Waals surface area (Å²) in [5.74, 6) is -0.727. The van der Waals surface area contributed by atoms with Crippen LogP contribution in [0.4, 0.5) is 5.69 Å². The Morgan fingerprint density at radius 3 is 2.33 bits per heavy atom. The molecule has 1 N–H and O–H groups in total. The number of carbonyl (C=O) groups is 2. The molecule has 2 aromatic carbocycles. The Bertz CT molecular complexity index is 1030. The molecule has 0 aliphatic carbocycles. The van der Waals surface area contributed by atoms with Gasteiger partial charge in [0.2, 0.25) is 5.91 Å². The van der Waals surface area contributed by atoms with Gasteiger partial charge in [-0.3, -0.25) is 9.59 Å². The standard InChI is InChI=1S/C19H15Cl3N2O2S/c1-10-5-3-8-13-15(10)16(22)18(27-13)19(26)24(2)9-14(25)23-17-11(20)6-4-7-12(17)21/h3-8H,9H2,1-2H3,(H,23,25). The molecule has 1 aromatic heterocycles. The van der Waals surface area contributed by atoms with Gasteiger partial charge in [0.1, 0.15) is 4.88 Å². The Balaban J connectivity index is 1.77. The second-order valence-corrected chi connectivity index (χ2v) is 8.24. The molecule has 2 amide bonds. The third-order valence-electron chi connectivity index (χ3n) is 4.01.